The molecule has 0 fully saturated rings. The van der Waals surface area contributed by atoms with Crippen LogP contribution in [0.25, 0.3) is 0 Å². The molecule has 0 aliphatic heterocycles. The first-order chi connectivity index (χ1) is 11.3. The van der Waals surface area contributed by atoms with E-state index in [1.165, 1.54) is 11.1 Å². The van der Waals surface area contributed by atoms with Gasteiger partial charge in [-0.05, 0) is 34.6 Å². The van der Waals surface area contributed by atoms with Gasteiger partial charge in [0.25, 0.3) is 0 Å². The summed E-state index contributed by atoms with van der Waals surface area (Å²) in [6, 6.07) is 12.8. The van der Waals surface area contributed by atoms with E-state index in [1.807, 2.05) is 18.3 Å². The molecule has 128 valence electrons. The number of thiocarbonyl (C=S) groups is 1. The highest BCUT2D eigenvalue weighted by Crippen LogP contribution is 2.25. The third-order valence-electron chi connectivity index (χ3n) is 3.81. The molecule has 2 rings (SSSR count). The molecule has 0 amide bonds. The fourth-order valence-electron chi connectivity index (χ4n) is 2.38. The Kier molecular flexibility index (Phi) is 6.41. The maximum absolute atomic E-state index is 5.49. The lowest BCUT2D eigenvalue weighted by molar-refractivity contribution is 0.590. The molecule has 1 N–H and O–H groups in total. The zero-order valence-electron chi connectivity index (χ0n) is 15.1. The minimum Gasteiger partial charge on any atom is -0.340 e. The molecule has 24 heavy (non-hydrogen) atoms. The molecule has 4 heteroatoms. The third-order valence-corrected chi connectivity index (χ3v) is 5.11. The number of benzene rings is 1. The normalized spacial score (nSPS) is 11.6. The second-order valence-electron chi connectivity index (χ2n) is 7.24. The van der Waals surface area contributed by atoms with E-state index in [4.69, 9.17) is 12.2 Å². The number of aromatic nitrogens is 1. The maximum Gasteiger partial charge on any atom is 0.138 e. The zero-order chi connectivity index (χ0) is 17.7. The van der Waals surface area contributed by atoms with Crippen LogP contribution in [0.2, 0.25) is 0 Å². The summed E-state index contributed by atoms with van der Waals surface area (Å²) in [5.41, 5.74) is 4.89. The van der Waals surface area contributed by atoms with Gasteiger partial charge in [0.2, 0.25) is 0 Å². The lowest BCUT2D eigenvalue weighted by Crippen LogP contribution is -2.11. The summed E-state index contributed by atoms with van der Waals surface area (Å²) in [7, 11) is 0. The van der Waals surface area contributed by atoms with Crippen molar-refractivity contribution in [2.75, 3.05) is 5.32 Å². The number of rotatable bonds is 4. The average Bonchev–Trinajstić information content (AvgIpc) is 2.53. The predicted molar refractivity (Wildman–Crippen MR) is 111 cm³/mol. The van der Waals surface area contributed by atoms with Gasteiger partial charge in [-0.25, -0.2) is 0 Å². The van der Waals surface area contributed by atoms with E-state index in [0.29, 0.717) is 5.92 Å². The van der Waals surface area contributed by atoms with Crippen LogP contribution in [0.4, 0.5) is 5.69 Å². The van der Waals surface area contributed by atoms with E-state index in [-0.39, 0.29) is 5.41 Å². The van der Waals surface area contributed by atoms with Crippen LogP contribution in [-0.4, -0.2) is 9.30 Å². The van der Waals surface area contributed by atoms with Crippen molar-refractivity contribution in [2.45, 2.75) is 51.7 Å². The van der Waals surface area contributed by atoms with Gasteiger partial charge in [0.15, 0.2) is 0 Å². The van der Waals surface area contributed by atoms with E-state index in [2.05, 4.69) is 69.2 Å². The van der Waals surface area contributed by atoms with Gasteiger partial charge in [0, 0.05) is 11.9 Å². The van der Waals surface area contributed by atoms with Crippen LogP contribution < -0.4 is 5.32 Å². The van der Waals surface area contributed by atoms with Crippen molar-refractivity contribution in [2.24, 2.45) is 0 Å². The van der Waals surface area contributed by atoms with Gasteiger partial charge in [-0.1, -0.05) is 82.9 Å². The molecule has 0 bridgehead atoms. The molecule has 0 radical (unpaired) electrons. The molecule has 1 aromatic heterocycles. The average molecular weight is 359 g/mol. The molecule has 1 heterocycles. The number of nitrogens with zero attached hydrogens (tertiary/aromatic N) is 1. The predicted octanol–water partition coefficient (Wildman–Crippen LogP) is 6.13. The third kappa shape index (κ3) is 5.32. The second kappa shape index (κ2) is 8.13. The molecule has 0 spiro atoms. The van der Waals surface area contributed by atoms with Crippen LogP contribution >= 0.6 is 24.0 Å². The van der Waals surface area contributed by atoms with Crippen molar-refractivity contribution >= 4 is 34.0 Å². The standard InChI is InChI=1S/C20H26N2S2/c1-14(2)18-17(7-6-12-21-18)22-19(23)24-13-15-8-10-16(11-9-15)20(3,4)5/h6-12,14H,13H2,1-5H3,(H,22,23). The van der Waals surface area contributed by atoms with Crippen LogP contribution in [0, 0.1) is 0 Å². The summed E-state index contributed by atoms with van der Waals surface area (Å²) in [5.74, 6) is 1.24. The summed E-state index contributed by atoms with van der Waals surface area (Å²) in [4.78, 5) is 4.45. The van der Waals surface area contributed by atoms with Gasteiger partial charge in [0.05, 0.1) is 11.4 Å². The molecular weight excluding hydrogens is 332 g/mol. The van der Waals surface area contributed by atoms with Gasteiger partial charge in [-0.2, -0.15) is 0 Å². The molecule has 2 nitrogen and oxygen atoms in total. The van der Waals surface area contributed by atoms with Gasteiger partial charge < -0.3 is 5.32 Å². The number of thioether (sulfide) groups is 1. The van der Waals surface area contributed by atoms with Crippen molar-refractivity contribution in [3.8, 4) is 0 Å². The largest absolute Gasteiger partial charge is 0.340 e. The van der Waals surface area contributed by atoms with E-state index in [1.54, 1.807) is 11.8 Å². The molecule has 1 aromatic carbocycles. The fourth-order valence-corrected chi connectivity index (χ4v) is 3.34. The lowest BCUT2D eigenvalue weighted by Gasteiger charge is -2.19. The molecule has 0 saturated heterocycles. The topological polar surface area (TPSA) is 24.9 Å². The first-order valence-corrected chi connectivity index (χ1v) is 9.65. The molecule has 0 atom stereocenters. The summed E-state index contributed by atoms with van der Waals surface area (Å²) in [6.45, 7) is 11.0. The highest BCUT2D eigenvalue weighted by Gasteiger charge is 2.13. The number of nitrogens with one attached hydrogen (secondary N) is 1. The molecule has 0 saturated carbocycles. The fraction of sp³-hybridized carbons (Fsp3) is 0.400. The Labute approximate surface area is 155 Å². The number of hydrogen-bond acceptors (Lipinski definition) is 3. The van der Waals surface area contributed by atoms with Crippen molar-refractivity contribution in [3.05, 3.63) is 59.4 Å². The molecule has 0 aliphatic rings. The number of pyridine rings is 1. The van der Waals surface area contributed by atoms with Crippen LogP contribution in [-0.2, 0) is 11.2 Å². The first kappa shape index (κ1) is 18.9. The summed E-state index contributed by atoms with van der Waals surface area (Å²) >= 11 is 7.14. The quantitative estimate of drug-likeness (QED) is 0.664. The second-order valence-corrected chi connectivity index (χ2v) is 8.89. The van der Waals surface area contributed by atoms with Crippen molar-refractivity contribution < 1.29 is 0 Å². The molecule has 0 aliphatic carbocycles. The summed E-state index contributed by atoms with van der Waals surface area (Å²) in [5, 5.41) is 3.33. The Morgan fingerprint density at radius 2 is 1.83 bits per heavy atom. The van der Waals surface area contributed by atoms with Gasteiger partial charge in [-0.15, -0.1) is 0 Å². The van der Waals surface area contributed by atoms with Gasteiger partial charge in [0.1, 0.15) is 4.32 Å². The highest BCUT2D eigenvalue weighted by atomic mass is 32.2. The van der Waals surface area contributed by atoms with Crippen molar-refractivity contribution in [1.82, 2.24) is 4.98 Å². The monoisotopic (exact) mass is 358 g/mol. The minimum absolute atomic E-state index is 0.191. The molecule has 0 unspecified atom stereocenters. The summed E-state index contributed by atoms with van der Waals surface area (Å²) in [6.07, 6.45) is 1.83. The van der Waals surface area contributed by atoms with E-state index < -0.39 is 0 Å². The van der Waals surface area contributed by atoms with Gasteiger partial charge in [-0.3, -0.25) is 4.98 Å². The first-order valence-electron chi connectivity index (χ1n) is 8.25. The Balaban J connectivity index is 1.94. The Morgan fingerprint density at radius 3 is 2.42 bits per heavy atom. The number of hydrogen-bond donors (Lipinski definition) is 1. The zero-order valence-corrected chi connectivity index (χ0v) is 16.7. The van der Waals surface area contributed by atoms with Crippen LogP contribution in [0.15, 0.2) is 42.6 Å². The van der Waals surface area contributed by atoms with Crippen LogP contribution in [0.1, 0.15) is 57.4 Å². The minimum atomic E-state index is 0.191. The van der Waals surface area contributed by atoms with E-state index in [0.717, 1.165) is 21.5 Å². The molecular formula is C20H26N2S2. The lowest BCUT2D eigenvalue weighted by atomic mass is 9.87. The van der Waals surface area contributed by atoms with E-state index in [9.17, 15) is 0 Å². The Bertz CT molecular complexity index is 686. The highest BCUT2D eigenvalue weighted by molar-refractivity contribution is 8.22. The van der Waals surface area contributed by atoms with E-state index >= 15 is 0 Å². The van der Waals surface area contributed by atoms with Gasteiger partial charge >= 0.3 is 0 Å². The Morgan fingerprint density at radius 1 is 1.17 bits per heavy atom. The SMILES string of the molecule is CC(C)c1ncccc1NC(=S)SCc1ccc(C(C)(C)C)cc1. The maximum atomic E-state index is 5.49. The Hall–Kier alpha value is -1.39. The number of anilines is 1. The van der Waals surface area contributed by atoms with Crippen LogP contribution in [0.5, 0.6) is 0 Å². The molecule has 2 aromatic rings. The van der Waals surface area contributed by atoms with Crippen LogP contribution in [0.3, 0.4) is 0 Å². The van der Waals surface area contributed by atoms with Crippen molar-refractivity contribution in [3.63, 3.8) is 0 Å². The smallest absolute Gasteiger partial charge is 0.138 e. The van der Waals surface area contributed by atoms with Crippen molar-refractivity contribution in [1.29, 1.82) is 0 Å². The summed E-state index contributed by atoms with van der Waals surface area (Å²) < 4.78 is 0.782.